The second-order valence-corrected chi connectivity index (χ2v) is 11.2. The fourth-order valence-electron chi connectivity index (χ4n) is 5.38. The maximum atomic E-state index is 15.4. The number of hydrogen-bond donors (Lipinski definition) is 2. The Kier molecular flexibility index (Phi) is 7.48. The molecule has 2 atom stereocenters. The van der Waals surface area contributed by atoms with Gasteiger partial charge in [-0.1, -0.05) is 0 Å². The van der Waals surface area contributed by atoms with Crippen LogP contribution >= 0.6 is 11.3 Å². The molecular formula is C30H27FN6O5S. The summed E-state index contributed by atoms with van der Waals surface area (Å²) in [4.78, 5) is 43.2. The molecule has 0 bridgehead atoms. The van der Waals surface area contributed by atoms with E-state index in [1.54, 1.807) is 12.3 Å². The Balaban J connectivity index is 1.30. The minimum atomic E-state index is -1.19. The number of nitrogens with zero attached hydrogens (tertiary/aromatic N) is 5. The van der Waals surface area contributed by atoms with Crippen molar-refractivity contribution in [2.75, 3.05) is 19.1 Å². The average Bonchev–Trinajstić information content (AvgIpc) is 3.63. The van der Waals surface area contributed by atoms with Crippen molar-refractivity contribution in [1.29, 1.82) is 0 Å². The summed E-state index contributed by atoms with van der Waals surface area (Å²) in [5.74, 6) is -0.541. The van der Waals surface area contributed by atoms with Gasteiger partial charge in [-0.25, -0.2) is 29.1 Å². The number of carbonyl (C=O) groups is 2. The summed E-state index contributed by atoms with van der Waals surface area (Å²) in [6.45, 7) is 1.95. The quantitative estimate of drug-likeness (QED) is 0.244. The predicted molar refractivity (Wildman–Crippen MR) is 160 cm³/mol. The Morgan fingerprint density at radius 2 is 1.93 bits per heavy atom. The highest BCUT2D eigenvalue weighted by Crippen LogP contribution is 2.38. The van der Waals surface area contributed by atoms with Gasteiger partial charge in [0.2, 0.25) is 5.88 Å². The van der Waals surface area contributed by atoms with Crippen molar-refractivity contribution >= 4 is 50.3 Å². The Morgan fingerprint density at radius 1 is 1.09 bits per heavy atom. The third-order valence-electron chi connectivity index (χ3n) is 7.37. The first-order valence-electron chi connectivity index (χ1n) is 13.5. The van der Waals surface area contributed by atoms with Gasteiger partial charge in [-0.3, -0.25) is 9.69 Å². The number of aryl methyl sites for hydroxylation is 1. The molecule has 5 aromatic rings. The minimum absolute atomic E-state index is 0.0247. The van der Waals surface area contributed by atoms with Gasteiger partial charge in [-0.15, -0.1) is 11.3 Å². The van der Waals surface area contributed by atoms with Gasteiger partial charge < -0.3 is 19.9 Å². The number of ether oxygens (including phenoxy) is 2. The molecule has 0 aliphatic heterocycles. The van der Waals surface area contributed by atoms with Crippen molar-refractivity contribution in [2.24, 2.45) is 0 Å². The average molecular weight is 603 g/mol. The van der Waals surface area contributed by atoms with Crippen LogP contribution in [0.25, 0.3) is 31.8 Å². The molecule has 1 aliphatic rings. The molecule has 1 saturated carbocycles. The van der Waals surface area contributed by atoms with Crippen LogP contribution in [-0.2, 0) is 0 Å². The van der Waals surface area contributed by atoms with E-state index in [-0.39, 0.29) is 17.4 Å². The number of benzene rings is 2. The second-order valence-electron chi connectivity index (χ2n) is 10.1. The largest absolute Gasteiger partial charge is 0.485 e. The van der Waals surface area contributed by atoms with Crippen molar-refractivity contribution in [3.05, 3.63) is 65.9 Å². The normalized spacial score (nSPS) is 16.4. The Labute approximate surface area is 249 Å². The van der Waals surface area contributed by atoms with Crippen LogP contribution in [0.4, 0.5) is 14.9 Å². The third-order valence-corrected chi connectivity index (χ3v) is 8.42. The fourth-order valence-corrected chi connectivity index (χ4v) is 6.37. The first kappa shape index (κ1) is 28.2. The Bertz CT molecular complexity index is 1860. The van der Waals surface area contributed by atoms with Gasteiger partial charge >= 0.3 is 6.09 Å². The highest BCUT2D eigenvalue weighted by molar-refractivity contribution is 7.21. The summed E-state index contributed by atoms with van der Waals surface area (Å²) < 4.78 is 27.5. The van der Waals surface area contributed by atoms with E-state index in [4.69, 9.17) is 9.47 Å². The molecule has 220 valence electrons. The molecule has 2 amide bonds. The number of thiazole rings is 1. The lowest BCUT2D eigenvalue weighted by molar-refractivity contribution is 0.0958. The van der Waals surface area contributed by atoms with Crippen LogP contribution in [0.3, 0.4) is 0 Å². The van der Waals surface area contributed by atoms with Gasteiger partial charge in [0.15, 0.2) is 11.6 Å². The van der Waals surface area contributed by atoms with Crippen molar-refractivity contribution in [1.82, 2.24) is 25.3 Å². The lowest BCUT2D eigenvalue weighted by atomic mass is 10.1. The van der Waals surface area contributed by atoms with Gasteiger partial charge in [0.05, 0.1) is 52.5 Å². The van der Waals surface area contributed by atoms with E-state index in [0.29, 0.717) is 57.1 Å². The van der Waals surface area contributed by atoms with Gasteiger partial charge in [0, 0.05) is 24.7 Å². The molecule has 3 heterocycles. The summed E-state index contributed by atoms with van der Waals surface area (Å²) in [7, 11) is 3.02. The number of carboxylic acid groups (broad SMARTS) is 1. The van der Waals surface area contributed by atoms with Crippen LogP contribution in [0.15, 0.2) is 48.8 Å². The topological polar surface area (TPSA) is 140 Å². The van der Waals surface area contributed by atoms with Gasteiger partial charge in [0.25, 0.3) is 5.91 Å². The molecule has 2 aromatic carbocycles. The Hall–Kier alpha value is -4.91. The van der Waals surface area contributed by atoms with Crippen LogP contribution < -0.4 is 19.7 Å². The van der Waals surface area contributed by atoms with E-state index >= 15 is 4.39 Å². The van der Waals surface area contributed by atoms with E-state index in [9.17, 15) is 14.7 Å². The fraction of sp³-hybridized carbons (Fsp3) is 0.267. The van der Waals surface area contributed by atoms with E-state index in [1.807, 2.05) is 19.1 Å². The molecule has 0 spiro atoms. The van der Waals surface area contributed by atoms with Crippen molar-refractivity contribution in [2.45, 2.75) is 38.3 Å². The molecule has 0 unspecified atom stereocenters. The Morgan fingerprint density at radius 3 is 2.65 bits per heavy atom. The standard InChI is InChI=1S/C30H27FN6O5S/c1-15-9-17(27-21(10-15)35-26(41-3)14-34-27)29-36-20-11-18(31)24(12-25(20)43-29)42-23-6-4-5-22(23)37(30(39)40)16-7-8-19(33-13-16)28(38)32-2/h7-14,22-23H,4-6H2,1-3H3,(H,32,38)(H,39,40)/t22-,23+/m1/s1. The zero-order chi connectivity index (χ0) is 30.2. The number of pyridine rings is 1. The summed E-state index contributed by atoms with van der Waals surface area (Å²) in [5, 5.41) is 13.2. The van der Waals surface area contributed by atoms with E-state index in [2.05, 4.69) is 25.3 Å². The van der Waals surface area contributed by atoms with E-state index in [0.717, 1.165) is 11.1 Å². The lowest BCUT2D eigenvalue weighted by Crippen LogP contribution is -2.46. The molecule has 43 heavy (non-hydrogen) atoms. The van der Waals surface area contributed by atoms with Crippen LogP contribution in [0.5, 0.6) is 11.6 Å². The smallest absolute Gasteiger partial charge is 0.412 e. The van der Waals surface area contributed by atoms with Crippen molar-refractivity contribution < 1.29 is 28.6 Å². The minimum Gasteiger partial charge on any atom is -0.485 e. The van der Waals surface area contributed by atoms with Crippen molar-refractivity contribution in [3.63, 3.8) is 0 Å². The van der Waals surface area contributed by atoms with Crippen LogP contribution in [0, 0.1) is 12.7 Å². The molecule has 11 nitrogen and oxygen atoms in total. The summed E-state index contributed by atoms with van der Waals surface area (Å²) in [6, 6.07) is 9.24. The number of amides is 2. The number of carbonyl (C=O) groups excluding carboxylic acids is 1. The first-order valence-corrected chi connectivity index (χ1v) is 14.4. The number of nitrogens with one attached hydrogen (secondary N) is 1. The number of aromatic nitrogens is 4. The monoisotopic (exact) mass is 602 g/mol. The molecule has 0 radical (unpaired) electrons. The molecule has 13 heteroatoms. The van der Waals surface area contributed by atoms with Crippen LogP contribution in [-0.4, -0.2) is 63.3 Å². The van der Waals surface area contributed by atoms with Crippen LogP contribution in [0.1, 0.15) is 35.3 Å². The van der Waals surface area contributed by atoms with E-state index < -0.39 is 24.1 Å². The second kappa shape index (κ2) is 11.4. The lowest BCUT2D eigenvalue weighted by Gasteiger charge is -2.31. The maximum Gasteiger partial charge on any atom is 0.412 e. The summed E-state index contributed by atoms with van der Waals surface area (Å²) in [6.07, 6.45) is 2.86. The zero-order valence-electron chi connectivity index (χ0n) is 23.5. The molecule has 2 N–H and O–H groups in total. The van der Waals surface area contributed by atoms with Crippen LogP contribution in [0.2, 0.25) is 0 Å². The van der Waals surface area contributed by atoms with Gasteiger partial charge in [-0.2, -0.15) is 0 Å². The molecule has 1 aliphatic carbocycles. The molecule has 0 saturated heterocycles. The zero-order valence-corrected chi connectivity index (χ0v) is 24.3. The molecule has 1 fully saturated rings. The van der Waals surface area contributed by atoms with Crippen molar-refractivity contribution in [3.8, 4) is 22.2 Å². The number of methoxy groups -OCH3 is 1. The highest BCUT2D eigenvalue weighted by Gasteiger charge is 2.38. The molecule has 6 rings (SSSR count). The predicted octanol–water partition coefficient (Wildman–Crippen LogP) is 5.60. The number of fused-ring (bicyclic) bond motifs is 2. The van der Waals surface area contributed by atoms with Gasteiger partial charge in [-0.05, 0) is 56.0 Å². The van der Waals surface area contributed by atoms with E-state index in [1.165, 1.54) is 54.8 Å². The molecule has 3 aromatic heterocycles. The number of rotatable bonds is 7. The van der Waals surface area contributed by atoms with Gasteiger partial charge in [0.1, 0.15) is 16.8 Å². The number of hydrogen-bond acceptors (Lipinski definition) is 9. The SMILES string of the molecule is CNC(=O)c1ccc(N(C(=O)O)[C@@H]2CCC[C@@H]2Oc2cc3sc(-c4cc(C)cc5nc(OC)cnc45)nc3cc2F)cn1. The number of halogens is 1. The first-order chi connectivity index (χ1) is 20.7. The summed E-state index contributed by atoms with van der Waals surface area (Å²) >= 11 is 1.38. The maximum absolute atomic E-state index is 15.4. The highest BCUT2D eigenvalue weighted by atomic mass is 32.1. The third kappa shape index (κ3) is 5.39. The summed E-state index contributed by atoms with van der Waals surface area (Å²) in [5.41, 5.74) is 4.00. The molecular weight excluding hydrogens is 575 g/mol. The number of anilines is 1.